The maximum absolute atomic E-state index is 10.0. The van der Waals surface area contributed by atoms with Crippen molar-refractivity contribution in [3.8, 4) is 5.75 Å². The Labute approximate surface area is 119 Å². The molecule has 1 N–H and O–H groups in total. The number of nitrogens with zero attached hydrogens (tertiary/aromatic N) is 1. The van der Waals surface area contributed by atoms with E-state index < -0.39 is 0 Å². The molecule has 20 heavy (non-hydrogen) atoms. The van der Waals surface area contributed by atoms with Crippen molar-refractivity contribution in [3.63, 3.8) is 0 Å². The van der Waals surface area contributed by atoms with Crippen molar-refractivity contribution >= 4 is 0 Å². The molecule has 0 bridgehead atoms. The Morgan fingerprint density at radius 3 is 3.00 bits per heavy atom. The fraction of sp³-hybridized carbons (Fsp3) is 0.353. The molecule has 1 aliphatic rings. The Morgan fingerprint density at radius 2 is 2.15 bits per heavy atom. The predicted molar refractivity (Wildman–Crippen MR) is 77.8 cm³/mol. The van der Waals surface area contributed by atoms with Crippen molar-refractivity contribution in [1.82, 2.24) is 4.98 Å². The van der Waals surface area contributed by atoms with Crippen molar-refractivity contribution in [2.24, 2.45) is 0 Å². The lowest BCUT2D eigenvalue weighted by molar-refractivity contribution is 0.155. The van der Waals surface area contributed by atoms with Gasteiger partial charge in [-0.15, -0.1) is 0 Å². The van der Waals surface area contributed by atoms with E-state index in [-0.39, 0.29) is 6.10 Å². The van der Waals surface area contributed by atoms with Crippen molar-refractivity contribution < 1.29 is 9.84 Å². The van der Waals surface area contributed by atoms with Crippen molar-refractivity contribution in [1.29, 1.82) is 0 Å². The van der Waals surface area contributed by atoms with E-state index in [1.165, 1.54) is 5.56 Å². The van der Waals surface area contributed by atoms with Crippen LogP contribution in [0.25, 0.3) is 0 Å². The summed E-state index contributed by atoms with van der Waals surface area (Å²) in [7, 11) is 0. The number of benzene rings is 1. The summed E-state index contributed by atoms with van der Waals surface area (Å²) in [6.45, 7) is 0.615. The van der Waals surface area contributed by atoms with Crippen molar-refractivity contribution in [3.05, 3.63) is 59.4 Å². The molecule has 104 valence electrons. The van der Waals surface area contributed by atoms with Gasteiger partial charge in [-0.25, -0.2) is 0 Å². The van der Waals surface area contributed by atoms with Gasteiger partial charge >= 0.3 is 0 Å². The predicted octanol–water partition coefficient (Wildman–Crippen LogP) is 3.07. The highest BCUT2D eigenvalue weighted by atomic mass is 16.5. The number of ether oxygens (including phenoxy) is 1. The summed E-state index contributed by atoms with van der Waals surface area (Å²) in [6.07, 6.45) is 5.13. The normalized spacial score (nSPS) is 17.6. The molecule has 1 aromatic carbocycles. The van der Waals surface area contributed by atoms with Crippen LogP contribution in [0.15, 0.2) is 42.6 Å². The number of aliphatic hydroxyl groups excluding tert-OH is 1. The third kappa shape index (κ3) is 2.83. The molecule has 3 rings (SSSR count). The summed E-state index contributed by atoms with van der Waals surface area (Å²) in [6, 6.07) is 11.9. The van der Waals surface area contributed by atoms with Crippen LogP contribution in [0.4, 0.5) is 0 Å². The average molecular weight is 269 g/mol. The molecule has 0 aliphatic heterocycles. The van der Waals surface area contributed by atoms with Gasteiger partial charge in [-0.05, 0) is 48.6 Å². The lowest BCUT2D eigenvalue weighted by atomic mass is 9.89. The second-order valence-corrected chi connectivity index (χ2v) is 5.15. The SMILES string of the molecule is OC1CCCc2c(OCCc3ccccn3)cccc21. The molecule has 1 unspecified atom stereocenters. The van der Waals surface area contributed by atoms with Gasteiger partial charge in [-0.2, -0.15) is 0 Å². The van der Waals surface area contributed by atoms with E-state index in [0.717, 1.165) is 42.7 Å². The minimum Gasteiger partial charge on any atom is -0.493 e. The fourth-order valence-corrected chi connectivity index (χ4v) is 2.74. The average Bonchev–Trinajstić information content (AvgIpc) is 2.49. The van der Waals surface area contributed by atoms with Crippen LogP contribution < -0.4 is 4.74 Å². The summed E-state index contributed by atoms with van der Waals surface area (Å²) in [4.78, 5) is 4.29. The third-order valence-corrected chi connectivity index (χ3v) is 3.77. The fourth-order valence-electron chi connectivity index (χ4n) is 2.74. The van der Waals surface area contributed by atoms with Gasteiger partial charge in [0.15, 0.2) is 0 Å². The molecule has 0 fully saturated rings. The van der Waals surface area contributed by atoms with E-state index in [9.17, 15) is 5.11 Å². The molecule has 1 aliphatic carbocycles. The molecule has 2 aromatic rings. The highest BCUT2D eigenvalue weighted by Crippen LogP contribution is 2.35. The zero-order valence-corrected chi connectivity index (χ0v) is 11.5. The maximum Gasteiger partial charge on any atom is 0.122 e. The summed E-state index contributed by atoms with van der Waals surface area (Å²) >= 11 is 0. The first kappa shape index (κ1) is 13.1. The quantitative estimate of drug-likeness (QED) is 0.927. The smallest absolute Gasteiger partial charge is 0.122 e. The summed E-state index contributed by atoms with van der Waals surface area (Å²) in [5, 5.41) is 10.0. The van der Waals surface area contributed by atoms with E-state index in [2.05, 4.69) is 4.98 Å². The Bertz CT molecular complexity index is 568. The largest absolute Gasteiger partial charge is 0.493 e. The highest BCUT2D eigenvalue weighted by Gasteiger charge is 2.20. The van der Waals surface area contributed by atoms with Gasteiger partial charge in [-0.3, -0.25) is 4.98 Å². The number of rotatable bonds is 4. The minimum absolute atomic E-state index is 0.335. The Balaban J connectivity index is 1.67. The number of aliphatic hydroxyl groups is 1. The summed E-state index contributed by atoms with van der Waals surface area (Å²) in [5.41, 5.74) is 3.25. The Kier molecular flexibility index (Phi) is 3.97. The maximum atomic E-state index is 10.0. The topological polar surface area (TPSA) is 42.4 Å². The standard InChI is InChI=1S/C17H19NO2/c19-16-8-3-7-15-14(16)6-4-9-17(15)20-12-10-13-5-1-2-11-18-13/h1-2,4-6,9,11,16,19H,3,7-8,10,12H2. The third-order valence-electron chi connectivity index (χ3n) is 3.77. The van der Waals surface area contributed by atoms with Crippen molar-refractivity contribution in [2.45, 2.75) is 31.8 Å². The molecule has 3 heteroatoms. The first-order valence-corrected chi connectivity index (χ1v) is 7.17. The van der Waals surface area contributed by atoms with Gasteiger partial charge in [-0.1, -0.05) is 18.2 Å². The van der Waals surface area contributed by atoms with E-state index in [1.807, 2.05) is 36.4 Å². The van der Waals surface area contributed by atoms with E-state index >= 15 is 0 Å². The Morgan fingerprint density at radius 1 is 1.20 bits per heavy atom. The first-order valence-electron chi connectivity index (χ1n) is 7.17. The Hall–Kier alpha value is -1.87. The molecule has 1 heterocycles. The van der Waals surface area contributed by atoms with Gasteiger partial charge in [0.25, 0.3) is 0 Å². The monoisotopic (exact) mass is 269 g/mol. The van der Waals surface area contributed by atoms with Crippen LogP contribution in [0.3, 0.4) is 0 Å². The van der Waals surface area contributed by atoms with Crippen molar-refractivity contribution in [2.75, 3.05) is 6.61 Å². The molecule has 1 atom stereocenters. The van der Waals surface area contributed by atoms with Gasteiger partial charge in [0.1, 0.15) is 5.75 Å². The zero-order valence-electron chi connectivity index (χ0n) is 11.5. The number of fused-ring (bicyclic) bond motifs is 1. The van der Waals surface area contributed by atoms with Crippen LogP contribution >= 0.6 is 0 Å². The van der Waals surface area contributed by atoms with Crippen LogP contribution in [0.2, 0.25) is 0 Å². The van der Waals surface area contributed by atoms with E-state index in [0.29, 0.717) is 6.61 Å². The highest BCUT2D eigenvalue weighted by molar-refractivity contribution is 5.42. The van der Waals surface area contributed by atoms with Crippen LogP contribution in [-0.2, 0) is 12.8 Å². The molecule has 0 radical (unpaired) electrons. The minimum atomic E-state index is -0.335. The van der Waals surface area contributed by atoms with Crippen LogP contribution in [0, 0.1) is 0 Å². The molecule has 0 spiro atoms. The molecule has 1 aromatic heterocycles. The summed E-state index contributed by atoms with van der Waals surface area (Å²) < 4.78 is 5.91. The second kappa shape index (κ2) is 6.06. The van der Waals surface area contributed by atoms with Gasteiger partial charge in [0.05, 0.1) is 12.7 Å². The molecule has 3 nitrogen and oxygen atoms in total. The molecule has 0 amide bonds. The summed E-state index contributed by atoms with van der Waals surface area (Å²) in [5.74, 6) is 0.914. The van der Waals surface area contributed by atoms with E-state index in [1.54, 1.807) is 6.20 Å². The zero-order chi connectivity index (χ0) is 13.8. The molecule has 0 saturated carbocycles. The first-order chi connectivity index (χ1) is 9.84. The van der Waals surface area contributed by atoms with Gasteiger partial charge < -0.3 is 9.84 Å². The molecular weight excluding hydrogens is 250 g/mol. The number of aromatic nitrogens is 1. The van der Waals surface area contributed by atoms with E-state index in [4.69, 9.17) is 4.74 Å². The van der Waals surface area contributed by atoms with Crippen LogP contribution in [0.1, 0.15) is 35.8 Å². The number of hydrogen-bond donors (Lipinski definition) is 1. The second-order valence-electron chi connectivity index (χ2n) is 5.15. The van der Waals surface area contributed by atoms with Crippen LogP contribution in [0.5, 0.6) is 5.75 Å². The van der Waals surface area contributed by atoms with Crippen LogP contribution in [-0.4, -0.2) is 16.7 Å². The number of pyridine rings is 1. The lowest BCUT2D eigenvalue weighted by Gasteiger charge is -2.23. The van der Waals surface area contributed by atoms with Gasteiger partial charge in [0.2, 0.25) is 0 Å². The lowest BCUT2D eigenvalue weighted by Crippen LogP contribution is -2.12. The molecule has 0 saturated heterocycles. The number of hydrogen-bond acceptors (Lipinski definition) is 3. The molecular formula is C17H19NO2. The van der Waals surface area contributed by atoms with Gasteiger partial charge in [0, 0.05) is 18.3 Å².